The molecule has 0 saturated carbocycles. The molecule has 22 heavy (non-hydrogen) atoms. The van der Waals surface area contributed by atoms with Gasteiger partial charge in [0.2, 0.25) is 0 Å². The van der Waals surface area contributed by atoms with E-state index < -0.39 is 0 Å². The predicted molar refractivity (Wildman–Crippen MR) is 80.7 cm³/mol. The van der Waals surface area contributed by atoms with Crippen molar-refractivity contribution >= 4 is 11.6 Å². The molecule has 0 aromatic carbocycles. The van der Waals surface area contributed by atoms with E-state index in [-0.39, 0.29) is 0 Å². The average molecular weight is 298 g/mol. The summed E-state index contributed by atoms with van der Waals surface area (Å²) in [5.41, 5.74) is 0.936. The van der Waals surface area contributed by atoms with Crippen LogP contribution in [-0.2, 0) is 13.1 Å². The molecule has 0 aliphatic carbocycles. The van der Waals surface area contributed by atoms with Crippen LogP contribution < -0.4 is 4.90 Å². The van der Waals surface area contributed by atoms with Crippen molar-refractivity contribution < 1.29 is 0 Å². The highest BCUT2D eigenvalue weighted by Gasteiger charge is 2.24. The van der Waals surface area contributed by atoms with Gasteiger partial charge >= 0.3 is 0 Å². The summed E-state index contributed by atoms with van der Waals surface area (Å²) >= 11 is 0. The minimum absolute atomic E-state index is 0.387. The monoisotopic (exact) mass is 298 g/mol. The summed E-state index contributed by atoms with van der Waals surface area (Å²) in [5, 5.41) is 13.0. The zero-order valence-corrected chi connectivity index (χ0v) is 12.9. The maximum atomic E-state index is 4.39. The number of aromatic nitrogens is 7. The lowest BCUT2D eigenvalue weighted by atomic mass is 10.2. The van der Waals surface area contributed by atoms with E-state index in [4.69, 9.17) is 0 Å². The molecule has 0 saturated heterocycles. The molecule has 0 spiro atoms. The summed E-state index contributed by atoms with van der Waals surface area (Å²) < 4.78 is 4.01. The van der Waals surface area contributed by atoms with E-state index in [0.717, 1.165) is 42.8 Å². The lowest BCUT2D eigenvalue weighted by Gasteiger charge is -2.30. The normalized spacial score (nSPS) is 14.8. The second-order valence-corrected chi connectivity index (χ2v) is 5.93. The molecule has 0 bridgehead atoms. The largest absolute Gasteiger partial charge is 0.347 e. The molecule has 3 aromatic rings. The van der Waals surface area contributed by atoms with Crippen molar-refractivity contribution in [1.29, 1.82) is 0 Å². The quantitative estimate of drug-likeness (QED) is 0.707. The lowest BCUT2D eigenvalue weighted by molar-refractivity contribution is 0.526. The molecule has 8 heteroatoms. The zero-order chi connectivity index (χ0) is 15.3. The molecule has 8 nitrogen and oxygen atoms in total. The summed E-state index contributed by atoms with van der Waals surface area (Å²) in [6.45, 7) is 8.76. The van der Waals surface area contributed by atoms with Crippen molar-refractivity contribution in [2.45, 2.75) is 39.8 Å². The van der Waals surface area contributed by atoms with E-state index in [0.29, 0.717) is 11.7 Å². The number of aryl methyl sites for hydroxylation is 1. The van der Waals surface area contributed by atoms with Gasteiger partial charge in [-0.15, -0.1) is 10.2 Å². The zero-order valence-electron chi connectivity index (χ0n) is 12.9. The van der Waals surface area contributed by atoms with Gasteiger partial charge in [0, 0.05) is 30.8 Å². The highest BCUT2D eigenvalue weighted by atomic mass is 15.4. The molecule has 4 rings (SSSR count). The SMILES string of the molecule is Cc1cc(N2CCn3c(nnc3C(C)C)C2)n2ncnc2n1. The van der Waals surface area contributed by atoms with Crippen LogP contribution in [0.1, 0.15) is 37.1 Å². The topological polar surface area (TPSA) is 77.0 Å². The highest BCUT2D eigenvalue weighted by Crippen LogP contribution is 2.23. The summed E-state index contributed by atoms with van der Waals surface area (Å²) in [4.78, 5) is 10.8. The Kier molecular flexibility index (Phi) is 2.85. The maximum Gasteiger partial charge on any atom is 0.254 e. The molecule has 0 amide bonds. The van der Waals surface area contributed by atoms with Crippen LogP contribution >= 0.6 is 0 Å². The Morgan fingerprint density at radius 3 is 2.86 bits per heavy atom. The fourth-order valence-corrected chi connectivity index (χ4v) is 2.94. The molecule has 0 fully saturated rings. The van der Waals surface area contributed by atoms with Crippen molar-refractivity contribution in [2.75, 3.05) is 11.4 Å². The number of fused-ring (bicyclic) bond motifs is 2. The number of hydrogen-bond acceptors (Lipinski definition) is 6. The van der Waals surface area contributed by atoms with E-state index in [1.54, 1.807) is 4.52 Å². The van der Waals surface area contributed by atoms with Crippen LogP contribution in [0.2, 0.25) is 0 Å². The number of nitrogens with zero attached hydrogens (tertiary/aromatic N) is 8. The Hall–Kier alpha value is -2.51. The van der Waals surface area contributed by atoms with E-state index >= 15 is 0 Å². The first-order chi connectivity index (χ1) is 10.6. The van der Waals surface area contributed by atoms with E-state index in [1.165, 1.54) is 6.33 Å². The molecular weight excluding hydrogens is 280 g/mol. The molecule has 1 aliphatic rings. The molecule has 0 radical (unpaired) electrons. The Morgan fingerprint density at radius 2 is 2.05 bits per heavy atom. The van der Waals surface area contributed by atoms with Crippen LogP contribution in [0.25, 0.3) is 5.78 Å². The Labute approximate surface area is 127 Å². The van der Waals surface area contributed by atoms with Crippen molar-refractivity contribution in [1.82, 2.24) is 34.3 Å². The van der Waals surface area contributed by atoms with Gasteiger partial charge in [-0.2, -0.15) is 14.6 Å². The van der Waals surface area contributed by atoms with Crippen LogP contribution in [0.15, 0.2) is 12.4 Å². The van der Waals surface area contributed by atoms with Crippen LogP contribution in [-0.4, -0.2) is 40.9 Å². The number of hydrogen-bond donors (Lipinski definition) is 0. The number of rotatable bonds is 2. The average Bonchev–Trinajstić information content (AvgIpc) is 3.11. The standard InChI is InChI=1S/C14H18N8/c1-9(2)13-19-18-11-7-20(4-5-21(11)13)12-6-10(3)17-14-15-8-16-22(12)14/h6,8-9H,4-5,7H2,1-3H3. The molecule has 1 aliphatic heterocycles. The van der Waals surface area contributed by atoms with Gasteiger partial charge in [0.25, 0.3) is 5.78 Å². The third-order valence-corrected chi connectivity index (χ3v) is 3.98. The van der Waals surface area contributed by atoms with Gasteiger partial charge in [0.1, 0.15) is 18.0 Å². The molecule has 3 aromatic heterocycles. The summed E-state index contributed by atoms with van der Waals surface area (Å²) in [6.07, 6.45) is 1.54. The molecular formula is C14H18N8. The van der Waals surface area contributed by atoms with Crippen molar-refractivity contribution in [3.05, 3.63) is 29.7 Å². The molecule has 114 valence electrons. The summed E-state index contributed by atoms with van der Waals surface area (Å²) in [7, 11) is 0. The molecule has 4 heterocycles. The van der Waals surface area contributed by atoms with Gasteiger partial charge in [-0.3, -0.25) is 0 Å². The van der Waals surface area contributed by atoms with Gasteiger partial charge in [0.15, 0.2) is 5.82 Å². The first-order valence-corrected chi connectivity index (χ1v) is 7.48. The van der Waals surface area contributed by atoms with Gasteiger partial charge in [-0.05, 0) is 6.92 Å². The minimum Gasteiger partial charge on any atom is -0.347 e. The Morgan fingerprint density at radius 1 is 1.18 bits per heavy atom. The van der Waals surface area contributed by atoms with E-state index in [2.05, 4.69) is 48.6 Å². The van der Waals surface area contributed by atoms with Crippen LogP contribution in [0, 0.1) is 6.92 Å². The molecule has 0 unspecified atom stereocenters. The number of anilines is 1. The van der Waals surface area contributed by atoms with Crippen LogP contribution in [0.3, 0.4) is 0 Å². The molecule has 0 N–H and O–H groups in total. The third-order valence-electron chi connectivity index (χ3n) is 3.98. The van der Waals surface area contributed by atoms with Crippen LogP contribution in [0.4, 0.5) is 5.82 Å². The van der Waals surface area contributed by atoms with Crippen molar-refractivity contribution in [2.24, 2.45) is 0 Å². The van der Waals surface area contributed by atoms with Crippen molar-refractivity contribution in [3.8, 4) is 0 Å². The summed E-state index contributed by atoms with van der Waals surface area (Å²) in [5.74, 6) is 4.08. The Balaban J connectivity index is 1.73. The van der Waals surface area contributed by atoms with E-state index in [9.17, 15) is 0 Å². The van der Waals surface area contributed by atoms with Gasteiger partial charge in [-0.1, -0.05) is 13.8 Å². The maximum absolute atomic E-state index is 4.39. The van der Waals surface area contributed by atoms with Crippen molar-refractivity contribution in [3.63, 3.8) is 0 Å². The highest BCUT2D eigenvalue weighted by molar-refractivity contribution is 5.47. The second kappa shape index (κ2) is 4.75. The van der Waals surface area contributed by atoms with Crippen LogP contribution in [0.5, 0.6) is 0 Å². The fourth-order valence-electron chi connectivity index (χ4n) is 2.94. The van der Waals surface area contributed by atoms with E-state index in [1.807, 2.05) is 13.0 Å². The fraction of sp³-hybridized carbons (Fsp3) is 0.500. The predicted octanol–water partition coefficient (Wildman–Crippen LogP) is 1.17. The van der Waals surface area contributed by atoms with Gasteiger partial charge in [-0.25, -0.2) is 4.98 Å². The lowest BCUT2D eigenvalue weighted by Crippen LogP contribution is -2.35. The second-order valence-electron chi connectivity index (χ2n) is 5.93. The molecule has 0 atom stereocenters. The minimum atomic E-state index is 0.387. The Bertz CT molecular complexity index is 831. The van der Waals surface area contributed by atoms with Gasteiger partial charge < -0.3 is 9.47 Å². The van der Waals surface area contributed by atoms with Gasteiger partial charge in [0.05, 0.1) is 6.54 Å². The summed E-state index contributed by atoms with van der Waals surface area (Å²) in [6, 6.07) is 2.04. The smallest absolute Gasteiger partial charge is 0.254 e. The third kappa shape index (κ3) is 1.94. The first-order valence-electron chi connectivity index (χ1n) is 7.48. The first kappa shape index (κ1) is 13.2.